The summed E-state index contributed by atoms with van der Waals surface area (Å²) in [7, 11) is 0. The predicted molar refractivity (Wildman–Crippen MR) is 104 cm³/mol. The molecule has 0 aromatic heterocycles. The quantitative estimate of drug-likeness (QED) is 0.824. The number of benzene rings is 2. The summed E-state index contributed by atoms with van der Waals surface area (Å²) in [5, 5.41) is 5.10. The number of carbonyl (C=O) groups is 3. The number of nitrogens with one attached hydrogen (secondary N) is 2. The normalized spacial score (nSPS) is 14.4. The molecule has 0 saturated carbocycles. The van der Waals surface area contributed by atoms with Gasteiger partial charge in [0.25, 0.3) is 5.91 Å². The van der Waals surface area contributed by atoms with Crippen LogP contribution in [-0.2, 0) is 9.59 Å². The Morgan fingerprint density at radius 1 is 0.966 bits per heavy atom. The zero-order chi connectivity index (χ0) is 21.0. The Balaban J connectivity index is 1.57. The Hall–Kier alpha value is -3.29. The summed E-state index contributed by atoms with van der Waals surface area (Å²) in [4.78, 5) is 37.8. The molecule has 0 unspecified atom stereocenters. The average Bonchev–Trinajstić information content (AvgIpc) is 2.70. The van der Waals surface area contributed by atoms with E-state index >= 15 is 0 Å². The summed E-state index contributed by atoms with van der Waals surface area (Å²) in [6.45, 7) is 2.09. The number of hydrogen-bond donors (Lipinski definition) is 2. The lowest BCUT2D eigenvalue weighted by atomic mass is 9.95. The van der Waals surface area contributed by atoms with Crippen molar-refractivity contribution >= 4 is 29.1 Å². The number of carbonyl (C=O) groups excluding carboxylic acids is 3. The predicted octanol–water partition coefficient (Wildman–Crippen LogP) is 3.41. The summed E-state index contributed by atoms with van der Waals surface area (Å²) in [6, 6.07) is 9.32. The fourth-order valence-corrected chi connectivity index (χ4v) is 3.25. The molecule has 1 aliphatic rings. The van der Waals surface area contributed by atoms with E-state index < -0.39 is 17.5 Å². The maximum Gasteiger partial charge on any atom is 0.253 e. The van der Waals surface area contributed by atoms with E-state index in [1.807, 2.05) is 0 Å². The average molecular weight is 401 g/mol. The van der Waals surface area contributed by atoms with Crippen molar-refractivity contribution in [1.82, 2.24) is 4.90 Å². The lowest BCUT2D eigenvalue weighted by molar-refractivity contribution is -0.121. The van der Waals surface area contributed by atoms with Crippen molar-refractivity contribution < 1.29 is 23.2 Å². The standard InChI is InChI=1S/C21H21F2N3O3/c1-13(27)24-19-12-17(6-7-18(19)23)25-20(28)14-8-10-26(11-9-14)21(29)15-2-4-16(22)5-3-15/h2-7,12,14H,8-11H2,1H3,(H,24,27)(H,25,28). The topological polar surface area (TPSA) is 78.5 Å². The molecule has 0 aliphatic carbocycles. The van der Waals surface area contributed by atoms with E-state index in [1.54, 1.807) is 4.90 Å². The van der Waals surface area contributed by atoms with Gasteiger partial charge in [0, 0.05) is 37.2 Å². The van der Waals surface area contributed by atoms with Gasteiger partial charge in [-0.1, -0.05) is 0 Å². The van der Waals surface area contributed by atoms with Crippen LogP contribution in [0.3, 0.4) is 0 Å². The zero-order valence-electron chi connectivity index (χ0n) is 15.9. The number of halogens is 2. The molecule has 29 heavy (non-hydrogen) atoms. The van der Waals surface area contributed by atoms with Gasteiger partial charge < -0.3 is 15.5 Å². The van der Waals surface area contributed by atoms with E-state index in [1.165, 1.54) is 49.4 Å². The third-order valence-corrected chi connectivity index (χ3v) is 4.79. The number of rotatable bonds is 4. The first kappa shape index (κ1) is 20.4. The second-order valence-electron chi connectivity index (χ2n) is 6.94. The summed E-state index contributed by atoms with van der Waals surface area (Å²) in [5.41, 5.74) is 0.783. The van der Waals surface area contributed by atoms with Crippen molar-refractivity contribution in [2.75, 3.05) is 23.7 Å². The Morgan fingerprint density at radius 3 is 2.24 bits per heavy atom. The lowest BCUT2D eigenvalue weighted by Crippen LogP contribution is -2.41. The van der Waals surface area contributed by atoms with Crippen LogP contribution >= 0.6 is 0 Å². The van der Waals surface area contributed by atoms with Crippen molar-refractivity contribution in [1.29, 1.82) is 0 Å². The molecular weight excluding hydrogens is 380 g/mol. The van der Waals surface area contributed by atoms with Gasteiger partial charge in [0.15, 0.2) is 0 Å². The second kappa shape index (κ2) is 8.81. The van der Waals surface area contributed by atoms with E-state index in [2.05, 4.69) is 10.6 Å². The van der Waals surface area contributed by atoms with E-state index in [4.69, 9.17) is 0 Å². The lowest BCUT2D eigenvalue weighted by Gasteiger charge is -2.31. The minimum Gasteiger partial charge on any atom is -0.339 e. The van der Waals surface area contributed by atoms with Crippen LogP contribution in [0.25, 0.3) is 0 Å². The molecule has 1 heterocycles. The molecule has 0 bridgehead atoms. The molecule has 3 amide bonds. The number of likely N-dealkylation sites (tertiary alicyclic amines) is 1. The highest BCUT2D eigenvalue weighted by Crippen LogP contribution is 2.23. The summed E-state index contributed by atoms with van der Waals surface area (Å²) >= 11 is 0. The van der Waals surface area contributed by atoms with Crippen molar-refractivity contribution in [3.63, 3.8) is 0 Å². The van der Waals surface area contributed by atoms with Crippen LogP contribution < -0.4 is 10.6 Å². The largest absolute Gasteiger partial charge is 0.339 e. The zero-order valence-corrected chi connectivity index (χ0v) is 15.9. The Bertz CT molecular complexity index is 923. The van der Waals surface area contributed by atoms with Gasteiger partial charge >= 0.3 is 0 Å². The third-order valence-electron chi connectivity index (χ3n) is 4.79. The van der Waals surface area contributed by atoms with Crippen LogP contribution in [0, 0.1) is 17.6 Å². The molecule has 0 spiro atoms. The van der Waals surface area contributed by atoms with Gasteiger partial charge in [-0.25, -0.2) is 8.78 Å². The van der Waals surface area contributed by atoms with E-state index in [0.29, 0.717) is 37.2 Å². The molecule has 2 aromatic rings. The molecule has 0 radical (unpaired) electrons. The van der Waals surface area contributed by atoms with Crippen molar-refractivity contribution in [3.05, 3.63) is 59.7 Å². The smallest absolute Gasteiger partial charge is 0.253 e. The number of amides is 3. The number of hydrogen-bond acceptors (Lipinski definition) is 3. The Kier molecular flexibility index (Phi) is 6.21. The summed E-state index contributed by atoms with van der Waals surface area (Å²) < 4.78 is 26.7. The van der Waals surface area contributed by atoms with E-state index in [9.17, 15) is 23.2 Å². The third kappa shape index (κ3) is 5.16. The fourth-order valence-electron chi connectivity index (χ4n) is 3.25. The van der Waals surface area contributed by atoms with Gasteiger partial charge in [-0.2, -0.15) is 0 Å². The van der Waals surface area contributed by atoms with Crippen LogP contribution in [0.2, 0.25) is 0 Å². The minimum absolute atomic E-state index is 0.00462. The van der Waals surface area contributed by atoms with Crippen LogP contribution in [0.1, 0.15) is 30.1 Å². The van der Waals surface area contributed by atoms with Crippen molar-refractivity contribution in [2.45, 2.75) is 19.8 Å². The van der Waals surface area contributed by atoms with Crippen LogP contribution in [-0.4, -0.2) is 35.7 Å². The molecule has 6 nitrogen and oxygen atoms in total. The van der Waals surface area contributed by atoms with Gasteiger partial charge in [0.2, 0.25) is 11.8 Å². The summed E-state index contributed by atoms with van der Waals surface area (Å²) in [5.74, 6) is -2.11. The number of nitrogens with zero attached hydrogens (tertiary/aromatic N) is 1. The number of anilines is 2. The first-order chi connectivity index (χ1) is 13.8. The van der Waals surface area contributed by atoms with Crippen LogP contribution in [0.4, 0.5) is 20.2 Å². The molecule has 8 heteroatoms. The number of piperidine rings is 1. The molecule has 1 saturated heterocycles. The van der Waals surface area contributed by atoms with E-state index in [0.717, 1.165) is 0 Å². The Labute approximate surface area is 166 Å². The van der Waals surface area contributed by atoms with Gasteiger partial charge in [-0.15, -0.1) is 0 Å². The van der Waals surface area contributed by atoms with Gasteiger partial charge in [-0.05, 0) is 55.3 Å². The monoisotopic (exact) mass is 401 g/mol. The van der Waals surface area contributed by atoms with Crippen LogP contribution in [0.5, 0.6) is 0 Å². The first-order valence-electron chi connectivity index (χ1n) is 9.26. The molecule has 1 aliphatic heterocycles. The molecule has 2 N–H and O–H groups in total. The molecule has 1 fully saturated rings. The van der Waals surface area contributed by atoms with Gasteiger partial charge in [0.1, 0.15) is 11.6 Å². The molecule has 152 valence electrons. The van der Waals surface area contributed by atoms with E-state index in [-0.39, 0.29) is 23.4 Å². The summed E-state index contributed by atoms with van der Waals surface area (Å²) in [6.07, 6.45) is 0.969. The molecule has 3 rings (SSSR count). The highest BCUT2D eigenvalue weighted by molar-refractivity contribution is 5.96. The van der Waals surface area contributed by atoms with Gasteiger partial charge in [-0.3, -0.25) is 14.4 Å². The molecule has 2 aromatic carbocycles. The maximum atomic E-state index is 13.7. The highest BCUT2D eigenvalue weighted by atomic mass is 19.1. The minimum atomic E-state index is -0.592. The SMILES string of the molecule is CC(=O)Nc1cc(NC(=O)C2CCN(C(=O)c3ccc(F)cc3)CC2)ccc1F. The Morgan fingerprint density at radius 2 is 1.62 bits per heavy atom. The fraction of sp³-hybridized carbons (Fsp3) is 0.286. The van der Waals surface area contributed by atoms with Crippen LogP contribution in [0.15, 0.2) is 42.5 Å². The molecule has 0 atom stereocenters. The van der Waals surface area contributed by atoms with Gasteiger partial charge in [0.05, 0.1) is 5.69 Å². The van der Waals surface area contributed by atoms with Crippen molar-refractivity contribution in [2.24, 2.45) is 5.92 Å². The van der Waals surface area contributed by atoms with Crippen molar-refractivity contribution in [3.8, 4) is 0 Å². The second-order valence-corrected chi connectivity index (χ2v) is 6.94. The first-order valence-corrected chi connectivity index (χ1v) is 9.26. The molecular formula is C21H21F2N3O3. The maximum absolute atomic E-state index is 13.7. The highest BCUT2D eigenvalue weighted by Gasteiger charge is 2.28.